The highest BCUT2D eigenvalue weighted by Crippen LogP contribution is 2.45. The number of hydrogen-bond acceptors (Lipinski definition) is 6. The van der Waals surface area contributed by atoms with Gasteiger partial charge >= 0.3 is 0 Å². The lowest BCUT2D eigenvalue weighted by Gasteiger charge is -2.41. The summed E-state index contributed by atoms with van der Waals surface area (Å²) in [6.45, 7) is 9.17. The molecule has 1 N–H and O–H groups in total. The average molecular weight is 526 g/mol. The summed E-state index contributed by atoms with van der Waals surface area (Å²) in [7, 11) is 0. The van der Waals surface area contributed by atoms with Crippen LogP contribution in [0, 0.1) is 12.8 Å². The fourth-order valence-electron chi connectivity index (χ4n) is 7.01. The van der Waals surface area contributed by atoms with Gasteiger partial charge < -0.3 is 14.8 Å². The van der Waals surface area contributed by atoms with Crippen molar-refractivity contribution < 1.29 is 9.47 Å². The molecule has 4 aromatic rings. The van der Waals surface area contributed by atoms with Crippen LogP contribution in [0.5, 0.6) is 5.75 Å². The quantitative estimate of drug-likeness (QED) is 0.321. The highest BCUT2D eigenvalue weighted by Gasteiger charge is 2.50. The van der Waals surface area contributed by atoms with E-state index < -0.39 is 5.79 Å². The van der Waals surface area contributed by atoms with Gasteiger partial charge in [-0.3, -0.25) is 4.90 Å². The number of aryl methyl sites for hydroxylation is 1. The van der Waals surface area contributed by atoms with Crippen LogP contribution in [0.1, 0.15) is 54.0 Å². The first-order chi connectivity index (χ1) is 18.4. The molecule has 38 heavy (non-hydrogen) atoms. The van der Waals surface area contributed by atoms with Crippen molar-refractivity contribution in [2.45, 2.75) is 57.1 Å². The minimum Gasteiger partial charge on any atom is -0.463 e. The molecule has 2 bridgehead atoms. The summed E-state index contributed by atoms with van der Waals surface area (Å²) in [5.74, 6) is 1.20. The lowest BCUT2D eigenvalue weighted by molar-refractivity contribution is -0.206. The number of hydrogen-bond donors (Lipinski definition) is 1. The zero-order valence-corrected chi connectivity index (χ0v) is 23.1. The molecule has 0 amide bonds. The second-order valence-electron chi connectivity index (χ2n) is 11.5. The van der Waals surface area contributed by atoms with Crippen LogP contribution in [0.2, 0.25) is 0 Å². The fourth-order valence-corrected chi connectivity index (χ4v) is 7.85. The number of nitrogens with one attached hydrogen (secondary N) is 1. The maximum Gasteiger partial charge on any atom is 0.205 e. The molecule has 3 aromatic carbocycles. The molecule has 0 saturated carbocycles. The van der Waals surface area contributed by atoms with E-state index in [1.54, 1.807) is 11.3 Å². The first-order valence-corrected chi connectivity index (χ1v) is 14.6. The van der Waals surface area contributed by atoms with E-state index in [0.717, 1.165) is 34.9 Å². The van der Waals surface area contributed by atoms with Gasteiger partial charge in [0.25, 0.3) is 0 Å². The molecular formula is C32H35N3O2S. The third-order valence-electron chi connectivity index (χ3n) is 8.51. The van der Waals surface area contributed by atoms with E-state index in [2.05, 4.69) is 89.9 Å². The van der Waals surface area contributed by atoms with Crippen LogP contribution in [0.4, 0.5) is 0 Å². The Labute approximate surface area is 228 Å². The molecule has 0 aliphatic carbocycles. The maximum atomic E-state index is 6.54. The molecule has 3 aliphatic rings. The van der Waals surface area contributed by atoms with Crippen molar-refractivity contribution in [3.05, 3.63) is 94.5 Å². The van der Waals surface area contributed by atoms with Crippen molar-refractivity contribution in [3.8, 4) is 5.75 Å². The van der Waals surface area contributed by atoms with Gasteiger partial charge in [0.15, 0.2) is 0 Å². The van der Waals surface area contributed by atoms with Gasteiger partial charge in [-0.1, -0.05) is 60.7 Å². The van der Waals surface area contributed by atoms with Crippen molar-refractivity contribution >= 4 is 21.6 Å². The lowest BCUT2D eigenvalue weighted by atomic mass is 9.78. The van der Waals surface area contributed by atoms with Gasteiger partial charge in [0, 0.05) is 56.6 Å². The molecule has 1 aromatic heterocycles. The first-order valence-electron chi connectivity index (χ1n) is 13.8. The van der Waals surface area contributed by atoms with Gasteiger partial charge in [-0.2, -0.15) is 0 Å². The van der Waals surface area contributed by atoms with E-state index in [-0.39, 0.29) is 6.10 Å². The summed E-state index contributed by atoms with van der Waals surface area (Å²) in [5, 5.41) is 5.12. The summed E-state index contributed by atoms with van der Waals surface area (Å²) in [6, 6.07) is 27.2. The van der Waals surface area contributed by atoms with Gasteiger partial charge in [0.1, 0.15) is 11.9 Å². The van der Waals surface area contributed by atoms with Crippen LogP contribution in [-0.2, 0) is 4.74 Å². The predicted octanol–water partition coefficient (Wildman–Crippen LogP) is 6.29. The Morgan fingerprint density at radius 2 is 1.76 bits per heavy atom. The third kappa shape index (κ3) is 4.34. The van der Waals surface area contributed by atoms with Crippen LogP contribution in [0.15, 0.2) is 72.8 Å². The Hall–Kier alpha value is -2.77. The number of rotatable bonds is 6. The third-order valence-corrected chi connectivity index (χ3v) is 9.44. The average Bonchev–Trinajstić information content (AvgIpc) is 3.61. The summed E-state index contributed by atoms with van der Waals surface area (Å²) >= 11 is 1.71. The molecule has 2 saturated heterocycles. The number of ether oxygens (including phenoxy) is 2. The van der Waals surface area contributed by atoms with Crippen molar-refractivity contribution in [1.82, 2.24) is 15.2 Å². The molecular weight excluding hydrogens is 490 g/mol. The van der Waals surface area contributed by atoms with Gasteiger partial charge in [-0.25, -0.2) is 4.98 Å². The molecule has 2 fully saturated rings. The fraction of sp³-hybridized carbons (Fsp3) is 0.406. The van der Waals surface area contributed by atoms with E-state index in [1.165, 1.54) is 28.8 Å². The Morgan fingerprint density at radius 1 is 1.05 bits per heavy atom. The number of thiazole rings is 1. The summed E-state index contributed by atoms with van der Waals surface area (Å²) < 4.78 is 14.0. The van der Waals surface area contributed by atoms with Crippen LogP contribution < -0.4 is 10.1 Å². The van der Waals surface area contributed by atoms with Crippen LogP contribution in [0.25, 0.3) is 10.2 Å². The van der Waals surface area contributed by atoms with Gasteiger partial charge in [-0.15, -0.1) is 11.3 Å². The van der Waals surface area contributed by atoms with Gasteiger partial charge in [-0.05, 0) is 43.0 Å². The molecule has 6 heteroatoms. The van der Waals surface area contributed by atoms with Crippen molar-refractivity contribution in [3.63, 3.8) is 0 Å². The molecule has 5 atom stereocenters. The topological polar surface area (TPSA) is 46.6 Å². The first kappa shape index (κ1) is 24.3. The van der Waals surface area contributed by atoms with Crippen LogP contribution in [0.3, 0.4) is 0 Å². The molecule has 3 aliphatic heterocycles. The second-order valence-corrected chi connectivity index (χ2v) is 12.7. The van der Waals surface area contributed by atoms with E-state index in [0.29, 0.717) is 23.9 Å². The van der Waals surface area contributed by atoms with Gasteiger partial charge in [0.2, 0.25) is 5.79 Å². The summed E-state index contributed by atoms with van der Waals surface area (Å²) in [4.78, 5) is 7.46. The SMILES string of the molecule is Cc1nc2cc3c(cc2s1)OC(C)(C)OC3CNC1C2CCN(C2)C1C(c1ccccc1)c1ccccc1. The standard InChI is InChI=1S/C32H35N3O2S/c1-20-34-25-16-24-26(17-28(25)38-20)36-32(2,3)37-27(24)18-33-30-23-14-15-35(19-23)31(30)29(21-10-6-4-7-11-21)22-12-8-5-9-13-22/h4-13,16-17,23,27,29-31,33H,14-15,18-19H2,1-3H3. The monoisotopic (exact) mass is 525 g/mol. The molecule has 5 unspecified atom stereocenters. The molecule has 7 rings (SSSR count). The Balaban J connectivity index is 1.21. The smallest absolute Gasteiger partial charge is 0.205 e. The molecule has 196 valence electrons. The zero-order chi connectivity index (χ0) is 25.9. The number of nitrogens with zero attached hydrogens (tertiary/aromatic N) is 2. The molecule has 0 spiro atoms. The highest BCUT2D eigenvalue weighted by atomic mass is 32.1. The normalized spacial score (nSPS) is 27.5. The maximum absolute atomic E-state index is 6.54. The number of benzene rings is 3. The largest absolute Gasteiger partial charge is 0.463 e. The summed E-state index contributed by atoms with van der Waals surface area (Å²) in [5.41, 5.74) is 4.90. The van der Waals surface area contributed by atoms with E-state index in [9.17, 15) is 0 Å². The van der Waals surface area contributed by atoms with Crippen LogP contribution >= 0.6 is 11.3 Å². The molecule has 5 nitrogen and oxygen atoms in total. The Morgan fingerprint density at radius 3 is 2.47 bits per heavy atom. The van der Waals surface area contributed by atoms with E-state index in [1.807, 2.05) is 13.8 Å². The molecule has 4 heterocycles. The van der Waals surface area contributed by atoms with Gasteiger partial charge in [0.05, 0.1) is 15.2 Å². The lowest BCUT2D eigenvalue weighted by Crippen LogP contribution is -2.52. The number of fused-ring (bicyclic) bond motifs is 4. The van der Waals surface area contributed by atoms with Crippen molar-refractivity contribution in [1.29, 1.82) is 0 Å². The Bertz CT molecular complexity index is 1400. The number of piperidine rings is 1. The Kier molecular flexibility index (Phi) is 6.04. The number of aromatic nitrogens is 1. The van der Waals surface area contributed by atoms with Crippen molar-refractivity contribution in [2.75, 3.05) is 19.6 Å². The zero-order valence-electron chi connectivity index (χ0n) is 22.3. The minimum absolute atomic E-state index is 0.0955. The highest BCUT2D eigenvalue weighted by molar-refractivity contribution is 7.18. The summed E-state index contributed by atoms with van der Waals surface area (Å²) in [6.07, 6.45) is 1.15. The van der Waals surface area contributed by atoms with E-state index in [4.69, 9.17) is 14.5 Å². The second kappa shape index (κ2) is 9.45. The van der Waals surface area contributed by atoms with Crippen molar-refractivity contribution in [2.24, 2.45) is 5.92 Å². The minimum atomic E-state index is -0.680. The predicted molar refractivity (Wildman–Crippen MR) is 153 cm³/mol. The molecule has 0 radical (unpaired) electrons. The van der Waals surface area contributed by atoms with E-state index >= 15 is 0 Å². The van der Waals surface area contributed by atoms with Crippen LogP contribution in [-0.4, -0.2) is 47.4 Å².